The summed E-state index contributed by atoms with van der Waals surface area (Å²) < 4.78 is 5.81. The average molecular weight is 212 g/mol. The number of allylic oxidation sites excluding steroid dienone is 1. The van der Waals surface area contributed by atoms with E-state index >= 15 is 0 Å². The predicted octanol–water partition coefficient (Wildman–Crippen LogP) is 3.05. The summed E-state index contributed by atoms with van der Waals surface area (Å²) in [5.74, 6) is 0. The van der Waals surface area contributed by atoms with Crippen molar-refractivity contribution in [2.45, 2.75) is 63.6 Å². The molecule has 2 nitrogen and oxygen atoms in total. The summed E-state index contributed by atoms with van der Waals surface area (Å²) >= 11 is 0. The molecule has 0 saturated heterocycles. The third-order valence-electron chi connectivity index (χ3n) is 3.37. The van der Waals surface area contributed by atoms with Crippen LogP contribution < -0.4 is 0 Å². The van der Waals surface area contributed by atoms with Crippen molar-refractivity contribution < 1.29 is 9.84 Å². The van der Waals surface area contributed by atoms with E-state index < -0.39 is 0 Å². The third kappa shape index (κ3) is 3.32. The molecule has 0 radical (unpaired) electrons. The number of unbranched alkanes of at least 4 members (excludes halogenated alkanes) is 1. The quantitative estimate of drug-likeness (QED) is 0.519. The van der Waals surface area contributed by atoms with Crippen LogP contribution in [-0.2, 0) is 4.74 Å². The molecule has 1 saturated carbocycles. The van der Waals surface area contributed by atoms with Crippen molar-refractivity contribution in [1.29, 1.82) is 0 Å². The van der Waals surface area contributed by atoms with Crippen LogP contribution in [0.25, 0.3) is 0 Å². The van der Waals surface area contributed by atoms with Crippen LogP contribution >= 0.6 is 0 Å². The zero-order chi connectivity index (χ0) is 11.1. The summed E-state index contributed by atoms with van der Waals surface area (Å²) in [5.41, 5.74) is -0.226. The molecule has 0 aromatic heterocycles. The fraction of sp³-hybridized carbons (Fsp3) is 0.846. The highest BCUT2D eigenvalue weighted by Gasteiger charge is 2.40. The van der Waals surface area contributed by atoms with Gasteiger partial charge in [-0.05, 0) is 39.0 Å². The smallest absolute Gasteiger partial charge is 0.0939 e. The van der Waals surface area contributed by atoms with E-state index in [9.17, 15) is 5.11 Å². The molecule has 0 heterocycles. The number of ether oxygens (including phenoxy) is 1. The molecule has 0 amide bonds. The minimum Gasteiger partial charge on any atom is -0.390 e. The van der Waals surface area contributed by atoms with Crippen molar-refractivity contribution in [1.82, 2.24) is 0 Å². The molecule has 0 aromatic rings. The molecule has 1 aliphatic rings. The molecule has 2 heteroatoms. The first-order valence-corrected chi connectivity index (χ1v) is 6.18. The van der Waals surface area contributed by atoms with Crippen molar-refractivity contribution in [2.24, 2.45) is 0 Å². The van der Waals surface area contributed by atoms with Crippen LogP contribution in [0.4, 0.5) is 0 Å². The molecule has 0 aromatic carbocycles. The van der Waals surface area contributed by atoms with Gasteiger partial charge in [0.25, 0.3) is 0 Å². The van der Waals surface area contributed by atoms with Gasteiger partial charge in [0.2, 0.25) is 0 Å². The fourth-order valence-corrected chi connectivity index (χ4v) is 2.55. The lowest BCUT2D eigenvalue weighted by atomic mass is 9.90. The Morgan fingerprint density at radius 2 is 2.13 bits per heavy atom. The number of rotatable bonds is 7. The average Bonchev–Trinajstić information content (AvgIpc) is 2.68. The maximum Gasteiger partial charge on any atom is 0.0939 e. The standard InChI is InChI=1S/C13H24O2/c1-3-5-6-9-12(14)13(15-4-2)10-7-8-11-13/h3,12,14H,1,4-11H2,2H3. The lowest BCUT2D eigenvalue weighted by molar-refractivity contribution is -0.118. The molecular formula is C13H24O2. The van der Waals surface area contributed by atoms with Gasteiger partial charge < -0.3 is 9.84 Å². The van der Waals surface area contributed by atoms with Crippen molar-refractivity contribution in [3.63, 3.8) is 0 Å². The molecular weight excluding hydrogens is 188 g/mol. The van der Waals surface area contributed by atoms with Crippen LogP contribution in [0.2, 0.25) is 0 Å². The lowest BCUT2D eigenvalue weighted by Crippen LogP contribution is -2.42. The van der Waals surface area contributed by atoms with Crippen LogP contribution in [0.1, 0.15) is 51.9 Å². The first-order chi connectivity index (χ1) is 7.25. The number of hydrogen-bond donors (Lipinski definition) is 1. The van der Waals surface area contributed by atoms with Crippen LogP contribution in [0.5, 0.6) is 0 Å². The number of aliphatic hydroxyl groups excluding tert-OH is 1. The second-order valence-corrected chi connectivity index (χ2v) is 4.44. The predicted molar refractivity (Wildman–Crippen MR) is 62.9 cm³/mol. The van der Waals surface area contributed by atoms with E-state index in [-0.39, 0.29) is 11.7 Å². The molecule has 88 valence electrons. The van der Waals surface area contributed by atoms with Crippen LogP contribution in [0, 0.1) is 0 Å². The highest BCUT2D eigenvalue weighted by atomic mass is 16.5. The molecule has 0 spiro atoms. The summed E-state index contributed by atoms with van der Waals surface area (Å²) in [7, 11) is 0. The second-order valence-electron chi connectivity index (χ2n) is 4.44. The molecule has 1 rings (SSSR count). The van der Waals surface area contributed by atoms with Crippen LogP contribution in [0.15, 0.2) is 12.7 Å². The number of aliphatic hydroxyl groups is 1. The zero-order valence-corrected chi connectivity index (χ0v) is 9.87. The van der Waals surface area contributed by atoms with Gasteiger partial charge in [0.15, 0.2) is 0 Å². The van der Waals surface area contributed by atoms with E-state index in [0.717, 1.165) is 32.1 Å². The third-order valence-corrected chi connectivity index (χ3v) is 3.37. The van der Waals surface area contributed by atoms with Crippen LogP contribution in [-0.4, -0.2) is 23.4 Å². The van der Waals surface area contributed by atoms with E-state index in [0.29, 0.717) is 6.61 Å². The Bertz CT molecular complexity index is 183. The highest BCUT2D eigenvalue weighted by molar-refractivity contribution is 4.93. The SMILES string of the molecule is C=CCCCC(O)C1(OCC)CCCC1. The maximum absolute atomic E-state index is 10.2. The monoisotopic (exact) mass is 212 g/mol. The molecule has 1 atom stereocenters. The topological polar surface area (TPSA) is 29.5 Å². The van der Waals surface area contributed by atoms with E-state index in [4.69, 9.17) is 4.74 Å². The van der Waals surface area contributed by atoms with Gasteiger partial charge in [0.05, 0.1) is 11.7 Å². The largest absolute Gasteiger partial charge is 0.390 e. The minimum absolute atomic E-state index is 0.226. The van der Waals surface area contributed by atoms with Crippen molar-refractivity contribution >= 4 is 0 Å². The van der Waals surface area contributed by atoms with E-state index in [2.05, 4.69) is 6.58 Å². The molecule has 0 bridgehead atoms. The number of hydrogen-bond acceptors (Lipinski definition) is 2. The van der Waals surface area contributed by atoms with Gasteiger partial charge in [-0.25, -0.2) is 0 Å². The summed E-state index contributed by atoms with van der Waals surface area (Å²) in [6.07, 6.45) is 8.89. The van der Waals surface area contributed by atoms with Gasteiger partial charge >= 0.3 is 0 Å². The normalized spacial score (nSPS) is 21.5. The Kier molecular flexibility index (Phi) is 5.34. The van der Waals surface area contributed by atoms with Gasteiger partial charge in [0.1, 0.15) is 0 Å². The highest BCUT2D eigenvalue weighted by Crippen LogP contribution is 2.37. The Labute approximate surface area is 93.3 Å². The summed E-state index contributed by atoms with van der Waals surface area (Å²) in [4.78, 5) is 0. The molecule has 0 aliphatic heterocycles. The molecule has 1 fully saturated rings. The summed E-state index contributed by atoms with van der Waals surface area (Å²) in [5, 5.41) is 10.2. The van der Waals surface area contributed by atoms with Gasteiger partial charge in [-0.2, -0.15) is 0 Å². The van der Waals surface area contributed by atoms with Gasteiger partial charge in [-0.15, -0.1) is 6.58 Å². The van der Waals surface area contributed by atoms with Gasteiger partial charge in [-0.3, -0.25) is 0 Å². The summed E-state index contributed by atoms with van der Waals surface area (Å²) in [6.45, 7) is 6.41. The van der Waals surface area contributed by atoms with E-state index in [1.165, 1.54) is 12.8 Å². The first kappa shape index (κ1) is 12.7. The van der Waals surface area contributed by atoms with Crippen molar-refractivity contribution in [3.8, 4) is 0 Å². The Morgan fingerprint density at radius 3 is 2.67 bits per heavy atom. The molecule has 15 heavy (non-hydrogen) atoms. The lowest BCUT2D eigenvalue weighted by Gasteiger charge is -2.34. The van der Waals surface area contributed by atoms with Crippen LogP contribution in [0.3, 0.4) is 0 Å². The van der Waals surface area contributed by atoms with Crippen molar-refractivity contribution in [2.75, 3.05) is 6.61 Å². The van der Waals surface area contributed by atoms with Gasteiger partial charge in [-0.1, -0.05) is 18.9 Å². The Balaban J connectivity index is 2.43. The zero-order valence-electron chi connectivity index (χ0n) is 9.87. The van der Waals surface area contributed by atoms with E-state index in [1.807, 2.05) is 13.0 Å². The van der Waals surface area contributed by atoms with Gasteiger partial charge in [0, 0.05) is 6.61 Å². The Hall–Kier alpha value is -0.340. The molecule has 1 unspecified atom stereocenters. The minimum atomic E-state index is -0.292. The fourth-order valence-electron chi connectivity index (χ4n) is 2.55. The van der Waals surface area contributed by atoms with E-state index in [1.54, 1.807) is 0 Å². The Morgan fingerprint density at radius 1 is 1.47 bits per heavy atom. The second kappa shape index (κ2) is 6.29. The maximum atomic E-state index is 10.2. The molecule has 1 aliphatic carbocycles. The molecule has 1 N–H and O–H groups in total. The van der Waals surface area contributed by atoms with Crippen molar-refractivity contribution in [3.05, 3.63) is 12.7 Å². The summed E-state index contributed by atoms with van der Waals surface area (Å²) in [6, 6.07) is 0. The first-order valence-electron chi connectivity index (χ1n) is 6.18.